The summed E-state index contributed by atoms with van der Waals surface area (Å²) in [4.78, 5) is 51.5. The van der Waals surface area contributed by atoms with Crippen molar-refractivity contribution in [3.8, 4) is 0 Å². The number of aliphatic hydroxyl groups excluding tert-OH is 2. The lowest BCUT2D eigenvalue weighted by Gasteiger charge is -2.43. The summed E-state index contributed by atoms with van der Waals surface area (Å²) in [7, 11) is -11.6. The maximum Gasteiger partial charge on any atom is 0.330 e. The third-order valence-corrected chi connectivity index (χ3v) is 19.0. The number of aromatic amines is 1. The molecule has 0 spiro atoms. The number of aromatic nitrogens is 2. The fraction of sp³-hybridized carbons (Fsp3) is 0.672. The van der Waals surface area contributed by atoms with Gasteiger partial charge in [0.05, 0.1) is 85.4 Å². The Hall–Kier alpha value is -3.76. The molecule has 4 aromatic rings. The van der Waals surface area contributed by atoms with Gasteiger partial charge in [0.25, 0.3) is 21.2 Å². The summed E-state index contributed by atoms with van der Waals surface area (Å²) in [5.41, 5.74) is 0.633. The van der Waals surface area contributed by atoms with Gasteiger partial charge in [-0.2, -0.15) is 0 Å². The van der Waals surface area contributed by atoms with Gasteiger partial charge < -0.3 is 57.2 Å². The minimum atomic E-state index is -5.85. The number of unbranched alkanes of at least 4 members (excludes halogenated alkanes) is 8. The molecule has 0 bridgehead atoms. The molecular formula is C67H110N4O16P2. The number of aliphatic hydroxyl groups is 2. The summed E-state index contributed by atoms with van der Waals surface area (Å²) in [5, 5.41) is 20.9. The van der Waals surface area contributed by atoms with Crippen molar-refractivity contribution in [3.63, 3.8) is 0 Å². The van der Waals surface area contributed by atoms with Gasteiger partial charge in [-0.25, -0.2) is 9.11 Å². The molecule has 2 aliphatic heterocycles. The number of benzene rings is 3. The minimum absolute atomic E-state index is 0.0553. The molecule has 1 aromatic heterocycles. The zero-order valence-electron chi connectivity index (χ0n) is 54.8. The van der Waals surface area contributed by atoms with E-state index < -0.39 is 82.6 Å². The van der Waals surface area contributed by atoms with Crippen LogP contribution in [0.2, 0.25) is 0 Å². The van der Waals surface area contributed by atoms with E-state index in [0.717, 1.165) is 28.0 Å². The van der Waals surface area contributed by atoms with Gasteiger partial charge in [-0.15, -0.1) is 0 Å². The average Bonchev–Trinajstić information content (AvgIpc) is 2.29. The van der Waals surface area contributed by atoms with Crippen molar-refractivity contribution in [2.75, 3.05) is 65.6 Å². The van der Waals surface area contributed by atoms with Gasteiger partial charge in [0.15, 0.2) is 12.5 Å². The van der Waals surface area contributed by atoms with Crippen LogP contribution in [0.15, 0.2) is 113 Å². The number of phosphoric acid groups is 2. The predicted octanol–water partition coefficient (Wildman–Crippen LogP) is 11.3. The number of quaternary nitrogens is 2. The van der Waals surface area contributed by atoms with Crippen molar-refractivity contribution in [2.24, 2.45) is 0 Å². The Morgan fingerprint density at radius 2 is 0.921 bits per heavy atom. The maximum absolute atomic E-state index is 13.2. The summed E-state index contributed by atoms with van der Waals surface area (Å²) < 4.78 is 73.6. The van der Waals surface area contributed by atoms with Gasteiger partial charge in [0, 0.05) is 12.3 Å². The van der Waals surface area contributed by atoms with Crippen LogP contribution < -0.4 is 21.0 Å². The van der Waals surface area contributed by atoms with Gasteiger partial charge >= 0.3 is 5.69 Å². The largest absolute Gasteiger partial charge is 0.756 e. The van der Waals surface area contributed by atoms with Gasteiger partial charge in [0.2, 0.25) is 0 Å². The van der Waals surface area contributed by atoms with Crippen LogP contribution in [0.3, 0.4) is 0 Å². The number of hydrogen-bond acceptors (Lipinski definition) is 16. The Balaban J connectivity index is 0.000000406. The van der Waals surface area contributed by atoms with E-state index in [-0.39, 0.29) is 26.4 Å². The first-order valence-corrected chi connectivity index (χ1v) is 36.1. The summed E-state index contributed by atoms with van der Waals surface area (Å²) in [6.45, 7) is 28.9. The lowest BCUT2D eigenvalue weighted by Crippen LogP contribution is -2.56. The topological polar surface area (TPSA) is 249 Å². The highest BCUT2D eigenvalue weighted by molar-refractivity contribution is 7.59. The van der Waals surface area contributed by atoms with Gasteiger partial charge in [-0.1, -0.05) is 198 Å². The molecule has 0 saturated carbocycles. The molecule has 3 N–H and O–H groups in total. The van der Waals surface area contributed by atoms with Crippen LogP contribution in [0.5, 0.6) is 0 Å². The molecule has 0 radical (unpaired) electrons. The number of rotatable bonds is 41. The monoisotopic (exact) mass is 1290 g/mol. The molecular weight excluding hydrogens is 1180 g/mol. The van der Waals surface area contributed by atoms with Gasteiger partial charge in [0.1, 0.15) is 36.6 Å². The minimum Gasteiger partial charge on any atom is -0.756 e. The molecule has 20 nitrogen and oxygen atoms in total. The third-order valence-electron chi connectivity index (χ3n) is 16.4. The number of phosphoric ester groups is 2. The first kappa shape index (κ1) is 77.7. The van der Waals surface area contributed by atoms with Gasteiger partial charge in [-0.3, -0.25) is 28.0 Å². The molecule has 0 aliphatic carbocycles. The first-order chi connectivity index (χ1) is 42.9. The Labute approximate surface area is 531 Å². The molecule has 3 unspecified atom stereocenters. The summed E-state index contributed by atoms with van der Waals surface area (Å²) in [6.07, 6.45) is 11.5. The van der Waals surface area contributed by atoms with Crippen LogP contribution in [0.4, 0.5) is 0 Å². The lowest BCUT2D eigenvalue weighted by molar-refractivity contribution is -0.929. The molecule has 2 saturated heterocycles. The van der Waals surface area contributed by atoms with E-state index in [0.29, 0.717) is 5.56 Å². The Bertz CT molecular complexity index is 2580. The highest BCUT2D eigenvalue weighted by Gasteiger charge is 2.47. The highest BCUT2D eigenvalue weighted by atomic mass is 31.3. The van der Waals surface area contributed by atoms with Crippen molar-refractivity contribution in [3.05, 3.63) is 141 Å². The van der Waals surface area contributed by atoms with E-state index >= 15 is 0 Å². The van der Waals surface area contributed by atoms with E-state index in [2.05, 4.69) is 59.7 Å². The second kappa shape index (κ2) is 42.5. The second-order valence-corrected chi connectivity index (χ2v) is 26.7. The molecule has 2 aliphatic rings. The number of hydrogen-bond donors (Lipinski definition) is 3. The molecule has 3 aromatic carbocycles. The molecule has 89 heavy (non-hydrogen) atoms. The molecule has 22 heteroatoms. The van der Waals surface area contributed by atoms with Crippen LogP contribution in [0, 0.1) is 0 Å². The summed E-state index contributed by atoms with van der Waals surface area (Å²) >= 11 is 0. The zero-order valence-corrected chi connectivity index (χ0v) is 56.6. The number of ether oxygens (including phenoxy) is 5. The maximum atomic E-state index is 13.2. The van der Waals surface area contributed by atoms with Crippen molar-refractivity contribution in [1.29, 1.82) is 0 Å². The standard InChI is InChI=1S/C35H40N2O16P2.2C16H36N/c38-28-16-17-37(35(41)36-28)33-30(40)29(39)26(51-33)22-50-54(42,43)53-55(44,45)52-34-32(48-20-25-14-8-3-9-15-25)31(47-19-24-12-6-2-7-13-24)27(21-49-34)46-18-23-10-4-1-5-11-23;2*1-5-9-13-17(14-10-6-2,15-11-7-3)16-12-8-4/h1-17,26-27,29-34,39-40H,18-22H2,(H,42,43)(H,44,45)(H,36,38,41);2*5-16H2,1-4H3/q;2*+1/p-2/t26-,27+,29-,30-,31+,32-,33-,34?;;/m1../s1. The molecule has 504 valence electrons. The Morgan fingerprint density at radius 3 is 1.30 bits per heavy atom. The van der Waals surface area contributed by atoms with Crippen molar-refractivity contribution in [1.82, 2.24) is 9.55 Å². The summed E-state index contributed by atoms with van der Waals surface area (Å²) in [5.74, 6) is 0. The molecule has 0 amide bonds. The number of nitrogens with one attached hydrogen (secondary N) is 1. The number of H-pyrrole nitrogens is 1. The normalized spacial score (nSPS) is 21.7. The molecule has 2 fully saturated rings. The molecule has 6 rings (SSSR count). The fourth-order valence-corrected chi connectivity index (χ4v) is 13.2. The van der Waals surface area contributed by atoms with E-state index in [4.69, 9.17) is 32.7 Å². The van der Waals surface area contributed by atoms with E-state index in [9.17, 15) is 38.7 Å². The lowest BCUT2D eigenvalue weighted by atomic mass is 10.0. The quantitative estimate of drug-likeness (QED) is 0.0276. The number of nitrogens with zero attached hydrogens (tertiary/aromatic N) is 3. The van der Waals surface area contributed by atoms with Crippen LogP contribution in [-0.2, 0) is 66.0 Å². The zero-order chi connectivity index (χ0) is 65.0. The summed E-state index contributed by atoms with van der Waals surface area (Å²) in [6, 6.07) is 28.3. The predicted molar refractivity (Wildman–Crippen MR) is 344 cm³/mol. The van der Waals surface area contributed by atoms with Crippen molar-refractivity contribution in [2.45, 2.75) is 227 Å². The molecule has 10 atom stereocenters. The van der Waals surface area contributed by atoms with Crippen LogP contribution in [-0.4, -0.2) is 137 Å². The smallest absolute Gasteiger partial charge is 0.330 e. The SMILES string of the molecule is CCCC[N+](CCCC)(CCCC)CCCC.CCCC[N+](CCCC)(CCCC)CCCC.O=c1ccn([C@@H]2O[C@H](COP(=O)([O-])OP(=O)([O-])OC3OC[C@H](OCc4ccccc4)[C@H](OCc4ccccc4)[C@H]3OCc3ccccc3)[C@@H](O)[C@H]2O)c(=O)[nH]1. The van der Waals surface area contributed by atoms with E-state index in [1.54, 1.807) is 30.3 Å². The van der Waals surface area contributed by atoms with Crippen molar-refractivity contribution < 1.29 is 75.1 Å². The third kappa shape index (κ3) is 28.2. The van der Waals surface area contributed by atoms with E-state index in [1.165, 1.54) is 164 Å². The van der Waals surface area contributed by atoms with Crippen LogP contribution >= 0.6 is 15.6 Å². The first-order valence-electron chi connectivity index (χ1n) is 33.1. The van der Waals surface area contributed by atoms with Gasteiger partial charge in [-0.05, 0) is 68.1 Å². The Morgan fingerprint density at radius 1 is 0.539 bits per heavy atom. The highest BCUT2D eigenvalue weighted by Crippen LogP contribution is 2.57. The van der Waals surface area contributed by atoms with Crippen LogP contribution in [0.25, 0.3) is 0 Å². The van der Waals surface area contributed by atoms with Crippen LogP contribution in [0.1, 0.15) is 181 Å². The second-order valence-electron chi connectivity index (χ2n) is 23.8. The van der Waals surface area contributed by atoms with Crippen molar-refractivity contribution >= 4 is 15.6 Å². The molecule has 3 heterocycles. The Kier molecular flexibility index (Phi) is 37.1. The van der Waals surface area contributed by atoms with E-state index in [1.807, 2.05) is 65.6 Å². The average molecular weight is 1290 g/mol. The fourth-order valence-electron chi connectivity index (χ4n) is 11.1.